The largest absolute Gasteiger partial charge is 0.417 e. The van der Waals surface area contributed by atoms with Gasteiger partial charge in [-0.3, -0.25) is 4.98 Å². The molecule has 0 N–H and O–H groups in total. The van der Waals surface area contributed by atoms with Gasteiger partial charge in [-0.15, -0.1) is 11.3 Å². The van der Waals surface area contributed by atoms with Crippen molar-refractivity contribution < 1.29 is 13.2 Å². The van der Waals surface area contributed by atoms with Gasteiger partial charge in [-0.25, -0.2) is 4.98 Å². The van der Waals surface area contributed by atoms with E-state index < -0.39 is 11.7 Å². The molecule has 1 aliphatic heterocycles. The number of benzene rings is 1. The van der Waals surface area contributed by atoms with E-state index in [9.17, 15) is 13.2 Å². The number of hydrogen-bond donors (Lipinski definition) is 0. The summed E-state index contributed by atoms with van der Waals surface area (Å²) in [5.74, 6) is 2.29. The highest BCUT2D eigenvalue weighted by Crippen LogP contribution is 2.35. The molecular formula is C19H16F3N3S2. The van der Waals surface area contributed by atoms with Gasteiger partial charge in [0.2, 0.25) is 0 Å². The van der Waals surface area contributed by atoms with Crippen molar-refractivity contribution in [1.29, 1.82) is 0 Å². The van der Waals surface area contributed by atoms with Crippen molar-refractivity contribution in [2.45, 2.75) is 6.18 Å². The number of anilines is 1. The van der Waals surface area contributed by atoms with E-state index in [-0.39, 0.29) is 0 Å². The zero-order chi connectivity index (χ0) is 18.9. The van der Waals surface area contributed by atoms with Crippen LogP contribution in [0.3, 0.4) is 0 Å². The van der Waals surface area contributed by atoms with Gasteiger partial charge in [0, 0.05) is 54.4 Å². The summed E-state index contributed by atoms with van der Waals surface area (Å²) in [6.07, 6.45) is -0.468. The monoisotopic (exact) mass is 407 g/mol. The molecule has 0 radical (unpaired) electrons. The molecule has 8 heteroatoms. The third-order valence-electron chi connectivity index (χ3n) is 4.35. The Morgan fingerprint density at radius 2 is 1.67 bits per heavy atom. The number of rotatable bonds is 3. The Morgan fingerprint density at radius 3 is 2.37 bits per heavy atom. The highest BCUT2D eigenvalue weighted by Gasteiger charge is 2.31. The first-order valence-electron chi connectivity index (χ1n) is 8.42. The summed E-state index contributed by atoms with van der Waals surface area (Å²) in [5.41, 5.74) is 1.82. The van der Waals surface area contributed by atoms with E-state index in [2.05, 4.69) is 27.0 Å². The molecule has 1 fully saturated rings. The summed E-state index contributed by atoms with van der Waals surface area (Å²) in [4.78, 5) is 11.3. The molecule has 1 saturated heterocycles. The van der Waals surface area contributed by atoms with Crippen LogP contribution < -0.4 is 4.90 Å². The Bertz CT molecular complexity index is 916. The maximum atomic E-state index is 12.9. The molecule has 0 amide bonds. The van der Waals surface area contributed by atoms with Crippen molar-refractivity contribution in [3.63, 3.8) is 0 Å². The van der Waals surface area contributed by atoms with Gasteiger partial charge < -0.3 is 4.90 Å². The summed E-state index contributed by atoms with van der Waals surface area (Å²) >= 11 is 3.34. The minimum atomic E-state index is -4.41. The van der Waals surface area contributed by atoms with E-state index in [1.165, 1.54) is 23.2 Å². The molecule has 1 aliphatic rings. The first-order chi connectivity index (χ1) is 13.0. The Balaban J connectivity index is 1.56. The number of pyridine rings is 1. The van der Waals surface area contributed by atoms with E-state index in [0.717, 1.165) is 47.3 Å². The van der Waals surface area contributed by atoms with Crippen LogP contribution >= 0.6 is 23.1 Å². The van der Waals surface area contributed by atoms with Crippen LogP contribution in [0.2, 0.25) is 0 Å². The lowest BCUT2D eigenvalue weighted by Crippen LogP contribution is -2.32. The van der Waals surface area contributed by atoms with E-state index in [0.29, 0.717) is 10.6 Å². The molecule has 3 nitrogen and oxygen atoms in total. The molecule has 27 heavy (non-hydrogen) atoms. The lowest BCUT2D eigenvalue weighted by Gasteiger charge is -2.28. The number of aromatic nitrogens is 2. The first kappa shape index (κ1) is 18.3. The minimum absolute atomic E-state index is 0.378. The maximum Gasteiger partial charge on any atom is 0.417 e. The van der Waals surface area contributed by atoms with Crippen molar-refractivity contribution in [2.24, 2.45) is 0 Å². The molecule has 3 heterocycles. The molecule has 0 saturated carbocycles. The Morgan fingerprint density at radius 1 is 0.926 bits per heavy atom. The normalized spacial score (nSPS) is 15.1. The van der Waals surface area contributed by atoms with E-state index in [1.807, 2.05) is 23.9 Å². The average Bonchev–Trinajstić information content (AvgIpc) is 3.19. The molecule has 0 unspecified atom stereocenters. The summed E-state index contributed by atoms with van der Waals surface area (Å²) in [5, 5.41) is 0.528. The van der Waals surface area contributed by atoms with Gasteiger partial charge in [-0.1, -0.05) is 12.1 Å². The topological polar surface area (TPSA) is 29.0 Å². The lowest BCUT2D eigenvalue weighted by molar-refractivity contribution is -0.137. The fourth-order valence-corrected chi connectivity index (χ4v) is 4.72. The smallest absolute Gasteiger partial charge is 0.370 e. The fourth-order valence-electron chi connectivity index (χ4n) is 2.91. The van der Waals surface area contributed by atoms with Crippen LogP contribution in [-0.2, 0) is 6.18 Å². The standard InChI is InChI=1S/C19H16F3N3S2/c20-19(21,22)15-9-14(10-23-11-15)18-24-12-17(27-18)13-1-3-16(4-2-13)25-5-7-26-8-6-25/h1-4,9-12H,5-8H2. The zero-order valence-corrected chi connectivity index (χ0v) is 15.9. The van der Waals surface area contributed by atoms with Crippen molar-refractivity contribution in [1.82, 2.24) is 9.97 Å². The molecule has 140 valence electrons. The molecular weight excluding hydrogens is 391 g/mol. The SMILES string of the molecule is FC(F)(F)c1cncc(-c2ncc(-c3ccc(N4CCSCC4)cc3)s2)c1. The van der Waals surface area contributed by atoms with Gasteiger partial charge in [0.25, 0.3) is 0 Å². The number of thioether (sulfide) groups is 1. The predicted molar refractivity (Wildman–Crippen MR) is 105 cm³/mol. The van der Waals surface area contributed by atoms with Gasteiger partial charge >= 0.3 is 6.18 Å². The summed E-state index contributed by atoms with van der Waals surface area (Å²) < 4.78 is 38.6. The van der Waals surface area contributed by atoms with Gasteiger partial charge in [0.05, 0.1) is 10.4 Å². The zero-order valence-electron chi connectivity index (χ0n) is 14.2. The van der Waals surface area contributed by atoms with Crippen LogP contribution in [0, 0.1) is 0 Å². The second kappa shape index (κ2) is 7.52. The average molecular weight is 407 g/mol. The Labute approximate surface area is 163 Å². The van der Waals surface area contributed by atoms with Crippen molar-refractivity contribution in [3.05, 3.63) is 54.5 Å². The Hall–Kier alpha value is -2.06. The van der Waals surface area contributed by atoms with Crippen molar-refractivity contribution >= 4 is 28.8 Å². The van der Waals surface area contributed by atoms with Crippen LogP contribution in [0.25, 0.3) is 21.0 Å². The Kier molecular flexibility index (Phi) is 5.10. The van der Waals surface area contributed by atoms with Crippen LogP contribution in [0.4, 0.5) is 18.9 Å². The molecule has 4 rings (SSSR count). The van der Waals surface area contributed by atoms with Crippen LogP contribution in [0.1, 0.15) is 5.56 Å². The number of hydrogen-bond acceptors (Lipinski definition) is 5. The second-order valence-electron chi connectivity index (χ2n) is 6.14. The lowest BCUT2D eigenvalue weighted by atomic mass is 10.1. The van der Waals surface area contributed by atoms with E-state index in [4.69, 9.17) is 0 Å². The third-order valence-corrected chi connectivity index (χ3v) is 6.38. The number of halogens is 3. The molecule has 0 aliphatic carbocycles. The first-order valence-corrected chi connectivity index (χ1v) is 10.4. The predicted octanol–water partition coefficient (Wildman–Crippen LogP) is 5.44. The highest BCUT2D eigenvalue weighted by molar-refractivity contribution is 7.99. The molecule has 0 spiro atoms. The summed E-state index contributed by atoms with van der Waals surface area (Å²) in [6.45, 7) is 2.11. The van der Waals surface area contributed by atoms with E-state index >= 15 is 0 Å². The van der Waals surface area contributed by atoms with Crippen molar-refractivity contribution in [3.8, 4) is 21.0 Å². The number of nitrogens with zero attached hydrogens (tertiary/aromatic N) is 3. The quantitative estimate of drug-likeness (QED) is 0.578. The highest BCUT2D eigenvalue weighted by atomic mass is 32.2. The maximum absolute atomic E-state index is 12.9. The van der Waals surface area contributed by atoms with E-state index in [1.54, 1.807) is 6.20 Å². The fraction of sp³-hybridized carbons (Fsp3) is 0.263. The summed E-state index contributed by atoms with van der Waals surface area (Å²) in [6, 6.07) is 9.36. The van der Waals surface area contributed by atoms with Gasteiger partial charge in [-0.05, 0) is 23.8 Å². The number of alkyl halides is 3. The minimum Gasteiger partial charge on any atom is -0.370 e. The molecule has 2 aromatic heterocycles. The summed E-state index contributed by atoms with van der Waals surface area (Å²) in [7, 11) is 0. The van der Waals surface area contributed by atoms with Gasteiger partial charge in [0.1, 0.15) is 5.01 Å². The molecule has 0 bridgehead atoms. The van der Waals surface area contributed by atoms with Crippen LogP contribution in [0.5, 0.6) is 0 Å². The molecule has 3 aromatic rings. The third kappa shape index (κ3) is 4.11. The molecule has 1 aromatic carbocycles. The van der Waals surface area contributed by atoms with Gasteiger partial charge in [-0.2, -0.15) is 24.9 Å². The van der Waals surface area contributed by atoms with Crippen LogP contribution in [0.15, 0.2) is 48.9 Å². The van der Waals surface area contributed by atoms with Crippen molar-refractivity contribution in [2.75, 3.05) is 29.5 Å². The van der Waals surface area contributed by atoms with Gasteiger partial charge in [0.15, 0.2) is 0 Å². The number of thiazole rings is 1. The van der Waals surface area contributed by atoms with Crippen LogP contribution in [-0.4, -0.2) is 34.6 Å². The molecule has 0 atom stereocenters. The second-order valence-corrected chi connectivity index (χ2v) is 8.39.